The smallest absolute Gasteiger partial charge is 0.335 e. The van der Waals surface area contributed by atoms with Crippen molar-refractivity contribution in [1.82, 2.24) is 5.32 Å². The highest BCUT2D eigenvalue weighted by Gasteiger charge is 2.36. The van der Waals surface area contributed by atoms with Gasteiger partial charge in [0.2, 0.25) is 0 Å². The molecule has 0 aromatic heterocycles. The number of urea groups is 1. The molecular weight excluding hydrogens is 524 g/mol. The normalized spacial score (nSPS) is 14.5. The molecule has 7 nitrogen and oxygen atoms in total. The van der Waals surface area contributed by atoms with Crippen LogP contribution in [0.2, 0.25) is 0 Å². The van der Waals surface area contributed by atoms with E-state index in [0.717, 1.165) is 16.2 Å². The van der Waals surface area contributed by atoms with E-state index in [1.165, 1.54) is 21.7 Å². The molecule has 4 aromatic carbocycles. The van der Waals surface area contributed by atoms with Crippen LogP contribution >= 0.6 is 11.8 Å². The Bertz CT molecular complexity index is 1630. The highest BCUT2D eigenvalue weighted by molar-refractivity contribution is 7.99. The maximum Gasteiger partial charge on any atom is 0.335 e. The molecule has 1 fully saturated rings. The minimum Gasteiger partial charge on any atom is -0.490 e. The Kier molecular flexibility index (Phi) is 8.17. The lowest BCUT2D eigenvalue weighted by atomic mass is 10.1. The number of amides is 4. The van der Waals surface area contributed by atoms with Gasteiger partial charge in [-0.25, -0.2) is 9.69 Å². The van der Waals surface area contributed by atoms with E-state index in [0.29, 0.717) is 36.0 Å². The molecule has 4 amide bonds. The van der Waals surface area contributed by atoms with Gasteiger partial charge in [-0.05, 0) is 72.2 Å². The summed E-state index contributed by atoms with van der Waals surface area (Å²) < 4.78 is 11.8. The maximum atomic E-state index is 13.2. The standard InChI is InChI=1S/C32H28N2O5S/c1-3-38-28-20-22(19-26-30(35)33-32(37)34(31(26)36)24-11-6-8-21(2)18-24)14-15-27(28)39-16-17-40-29-13-7-10-23-9-4-5-12-25(23)29/h4-15,18-20H,3,16-17H2,1-2H3,(H,33,35,37)/b26-19-. The molecule has 1 saturated heterocycles. The van der Waals surface area contributed by atoms with Gasteiger partial charge in [0.15, 0.2) is 11.5 Å². The van der Waals surface area contributed by atoms with Gasteiger partial charge in [-0.1, -0.05) is 54.6 Å². The van der Waals surface area contributed by atoms with Gasteiger partial charge in [-0.2, -0.15) is 0 Å². The van der Waals surface area contributed by atoms with Gasteiger partial charge in [-0.3, -0.25) is 14.9 Å². The molecule has 40 heavy (non-hydrogen) atoms. The predicted molar refractivity (Wildman–Crippen MR) is 158 cm³/mol. The van der Waals surface area contributed by atoms with Gasteiger partial charge in [0.1, 0.15) is 5.57 Å². The zero-order valence-electron chi connectivity index (χ0n) is 22.2. The second-order valence-electron chi connectivity index (χ2n) is 9.11. The third-order valence-corrected chi connectivity index (χ3v) is 7.33. The Morgan fingerprint density at radius 3 is 2.50 bits per heavy atom. The van der Waals surface area contributed by atoms with Crippen LogP contribution in [0.5, 0.6) is 11.5 Å². The second kappa shape index (κ2) is 12.1. The van der Waals surface area contributed by atoms with E-state index >= 15 is 0 Å². The third kappa shape index (κ3) is 5.87. The summed E-state index contributed by atoms with van der Waals surface area (Å²) >= 11 is 1.73. The Morgan fingerprint density at radius 2 is 1.68 bits per heavy atom. The summed E-state index contributed by atoms with van der Waals surface area (Å²) in [6.07, 6.45) is 1.45. The molecule has 5 rings (SSSR count). The molecule has 0 aliphatic carbocycles. The molecule has 8 heteroatoms. The number of hydrogen-bond donors (Lipinski definition) is 1. The number of thioether (sulfide) groups is 1. The molecule has 0 unspecified atom stereocenters. The van der Waals surface area contributed by atoms with Crippen molar-refractivity contribution in [3.63, 3.8) is 0 Å². The van der Waals surface area contributed by atoms with Crippen LogP contribution in [-0.4, -0.2) is 36.8 Å². The molecular formula is C32H28N2O5S. The Balaban J connectivity index is 1.31. The van der Waals surface area contributed by atoms with Crippen molar-refractivity contribution in [2.24, 2.45) is 0 Å². The number of carbonyl (C=O) groups excluding carboxylic acids is 3. The summed E-state index contributed by atoms with van der Waals surface area (Å²) in [4.78, 5) is 40.5. The predicted octanol–water partition coefficient (Wildman–Crippen LogP) is 6.38. The van der Waals surface area contributed by atoms with E-state index in [2.05, 4.69) is 35.6 Å². The topological polar surface area (TPSA) is 84.9 Å². The number of fused-ring (bicyclic) bond motifs is 1. The quantitative estimate of drug-likeness (QED) is 0.112. The number of benzene rings is 4. The van der Waals surface area contributed by atoms with Crippen LogP contribution < -0.4 is 19.7 Å². The number of nitrogens with one attached hydrogen (secondary N) is 1. The third-order valence-electron chi connectivity index (χ3n) is 6.29. The number of hydrogen-bond acceptors (Lipinski definition) is 6. The molecule has 0 spiro atoms. The number of nitrogens with zero attached hydrogens (tertiary/aromatic N) is 1. The summed E-state index contributed by atoms with van der Waals surface area (Å²) in [5.74, 6) is 0.370. The highest BCUT2D eigenvalue weighted by atomic mass is 32.2. The second-order valence-corrected chi connectivity index (χ2v) is 10.2. The summed E-state index contributed by atoms with van der Waals surface area (Å²) in [7, 11) is 0. The number of barbiturate groups is 1. The van der Waals surface area contributed by atoms with Crippen LogP contribution in [0, 0.1) is 6.92 Å². The largest absolute Gasteiger partial charge is 0.490 e. The Labute approximate surface area is 236 Å². The summed E-state index contributed by atoms with van der Waals surface area (Å²) in [6.45, 7) is 4.60. The number of carbonyl (C=O) groups is 3. The average molecular weight is 553 g/mol. The minimum atomic E-state index is -0.780. The Morgan fingerprint density at radius 1 is 0.875 bits per heavy atom. The van der Waals surface area contributed by atoms with E-state index in [9.17, 15) is 14.4 Å². The van der Waals surface area contributed by atoms with E-state index in [1.807, 2.05) is 32.0 Å². The molecule has 1 heterocycles. The van der Waals surface area contributed by atoms with Crippen molar-refractivity contribution in [3.05, 3.63) is 102 Å². The molecule has 1 aliphatic heterocycles. The van der Waals surface area contributed by atoms with Gasteiger partial charge in [-0.15, -0.1) is 11.8 Å². The fourth-order valence-corrected chi connectivity index (χ4v) is 5.36. The van der Waals surface area contributed by atoms with Crippen LogP contribution in [0.25, 0.3) is 16.8 Å². The maximum absolute atomic E-state index is 13.2. The van der Waals surface area contributed by atoms with Crippen molar-refractivity contribution >= 4 is 52.1 Å². The van der Waals surface area contributed by atoms with Crippen molar-refractivity contribution in [2.45, 2.75) is 18.7 Å². The van der Waals surface area contributed by atoms with E-state index in [-0.39, 0.29) is 5.57 Å². The van der Waals surface area contributed by atoms with Gasteiger partial charge >= 0.3 is 6.03 Å². The lowest BCUT2D eigenvalue weighted by Crippen LogP contribution is -2.54. The van der Waals surface area contributed by atoms with Gasteiger partial charge in [0, 0.05) is 10.6 Å². The zero-order valence-corrected chi connectivity index (χ0v) is 23.0. The number of aryl methyl sites for hydroxylation is 1. The minimum absolute atomic E-state index is 0.149. The van der Waals surface area contributed by atoms with Gasteiger partial charge in [0.25, 0.3) is 11.8 Å². The molecule has 1 N–H and O–H groups in total. The molecule has 0 bridgehead atoms. The fraction of sp³-hybridized carbons (Fsp3) is 0.156. The highest BCUT2D eigenvalue weighted by Crippen LogP contribution is 2.32. The monoisotopic (exact) mass is 552 g/mol. The number of rotatable bonds is 9. The van der Waals surface area contributed by atoms with Crippen molar-refractivity contribution in [1.29, 1.82) is 0 Å². The summed E-state index contributed by atoms with van der Waals surface area (Å²) in [5.41, 5.74) is 1.69. The number of ether oxygens (including phenoxy) is 2. The van der Waals surface area contributed by atoms with Gasteiger partial charge in [0.05, 0.1) is 18.9 Å². The number of anilines is 1. The summed E-state index contributed by atoms with van der Waals surface area (Å²) in [5, 5.41) is 4.68. The van der Waals surface area contributed by atoms with E-state index in [4.69, 9.17) is 9.47 Å². The molecule has 1 aliphatic rings. The summed E-state index contributed by atoms with van der Waals surface area (Å²) in [6, 6.07) is 26.0. The first kappa shape index (κ1) is 27.0. The molecule has 0 saturated carbocycles. The molecule has 0 radical (unpaired) electrons. The first-order chi connectivity index (χ1) is 19.4. The van der Waals surface area contributed by atoms with Crippen LogP contribution in [0.4, 0.5) is 10.5 Å². The fourth-order valence-electron chi connectivity index (χ4n) is 4.45. The SMILES string of the molecule is CCOc1cc(/C=C2/C(=O)NC(=O)N(c3cccc(C)c3)C2=O)ccc1OCCSc1cccc2ccccc12. The van der Waals surface area contributed by atoms with Gasteiger partial charge < -0.3 is 9.47 Å². The number of imide groups is 2. The first-order valence-electron chi connectivity index (χ1n) is 12.9. The molecule has 202 valence electrons. The Hall–Kier alpha value is -4.56. The molecule has 4 aromatic rings. The van der Waals surface area contributed by atoms with E-state index < -0.39 is 17.8 Å². The van der Waals surface area contributed by atoms with Crippen molar-refractivity contribution < 1.29 is 23.9 Å². The first-order valence-corrected chi connectivity index (χ1v) is 13.9. The van der Waals surface area contributed by atoms with Crippen molar-refractivity contribution in [3.8, 4) is 11.5 Å². The van der Waals surface area contributed by atoms with Crippen LogP contribution in [-0.2, 0) is 9.59 Å². The van der Waals surface area contributed by atoms with Crippen molar-refractivity contribution in [2.75, 3.05) is 23.9 Å². The molecule has 0 atom stereocenters. The van der Waals surface area contributed by atoms with Crippen LogP contribution in [0.1, 0.15) is 18.1 Å². The van der Waals surface area contributed by atoms with Crippen LogP contribution in [0.15, 0.2) is 95.4 Å². The average Bonchev–Trinajstić information content (AvgIpc) is 2.94. The zero-order chi connectivity index (χ0) is 28.1. The lowest BCUT2D eigenvalue weighted by Gasteiger charge is -2.26. The van der Waals surface area contributed by atoms with E-state index in [1.54, 1.807) is 48.2 Å². The van der Waals surface area contributed by atoms with Crippen LogP contribution in [0.3, 0.4) is 0 Å². The lowest BCUT2D eigenvalue weighted by molar-refractivity contribution is -0.122.